The fraction of sp³-hybridized carbons (Fsp3) is 0.417. The zero-order valence-electron chi connectivity index (χ0n) is 16.3. The van der Waals surface area contributed by atoms with Crippen molar-refractivity contribution in [3.63, 3.8) is 0 Å². The molecule has 1 N–H and O–H groups in total. The zero-order chi connectivity index (χ0) is 18.5. The summed E-state index contributed by atoms with van der Waals surface area (Å²) in [4.78, 5) is 6.04. The van der Waals surface area contributed by atoms with Crippen LogP contribution in [-0.2, 0) is 6.42 Å². The molecule has 3 nitrogen and oxygen atoms in total. The molecule has 0 aliphatic carbocycles. The number of nitrogens with zero attached hydrogens (tertiary/aromatic N) is 1. The molecule has 0 amide bonds. The quantitative estimate of drug-likeness (QED) is 0.572. The van der Waals surface area contributed by atoms with Gasteiger partial charge in [-0.2, -0.15) is 0 Å². The van der Waals surface area contributed by atoms with E-state index in [1.54, 1.807) is 7.11 Å². The van der Waals surface area contributed by atoms with Crippen molar-refractivity contribution in [2.24, 2.45) is 0 Å². The molecule has 1 fully saturated rings. The van der Waals surface area contributed by atoms with E-state index >= 15 is 0 Å². The molecule has 2 aromatic carbocycles. The average Bonchev–Trinajstić information content (AvgIpc) is 3.14. The van der Waals surface area contributed by atoms with Crippen LogP contribution in [0.25, 0.3) is 10.9 Å². The summed E-state index contributed by atoms with van der Waals surface area (Å²) < 4.78 is 5.59. The molecule has 1 aliphatic heterocycles. The number of aryl methyl sites for hydroxylation is 1. The van der Waals surface area contributed by atoms with Gasteiger partial charge in [-0.3, -0.25) is 0 Å². The molecule has 0 bridgehead atoms. The summed E-state index contributed by atoms with van der Waals surface area (Å²) in [7, 11) is 1.78. The molecule has 1 saturated heterocycles. The lowest BCUT2D eigenvalue weighted by atomic mass is 9.90. The predicted octanol–water partition coefficient (Wildman–Crippen LogP) is 5.38. The molecule has 3 heteroatoms. The summed E-state index contributed by atoms with van der Waals surface area (Å²) in [5, 5.41) is 1.38. The number of benzene rings is 2. The second-order valence-electron chi connectivity index (χ2n) is 7.70. The smallest absolute Gasteiger partial charge is 0.122 e. The first-order valence-corrected chi connectivity index (χ1v) is 10.3. The Morgan fingerprint density at radius 2 is 1.93 bits per heavy atom. The maximum atomic E-state index is 5.59. The van der Waals surface area contributed by atoms with Gasteiger partial charge in [0.15, 0.2) is 0 Å². The van der Waals surface area contributed by atoms with Crippen LogP contribution in [0.5, 0.6) is 5.75 Å². The molecule has 142 valence electrons. The minimum atomic E-state index is 0.600. The van der Waals surface area contributed by atoms with Gasteiger partial charge < -0.3 is 14.6 Å². The highest BCUT2D eigenvalue weighted by Gasteiger charge is 2.23. The van der Waals surface area contributed by atoms with Crippen LogP contribution in [0.3, 0.4) is 0 Å². The molecule has 27 heavy (non-hydrogen) atoms. The van der Waals surface area contributed by atoms with Crippen molar-refractivity contribution < 1.29 is 4.74 Å². The SMILES string of the molecule is COc1ccccc1C1CCCN(CCCCc2c[nH]c3ccccc23)C1. The number of hydrogen-bond donors (Lipinski definition) is 1. The number of hydrogen-bond acceptors (Lipinski definition) is 2. The van der Waals surface area contributed by atoms with E-state index in [0.29, 0.717) is 5.92 Å². The topological polar surface area (TPSA) is 28.3 Å². The summed E-state index contributed by atoms with van der Waals surface area (Å²) >= 11 is 0. The van der Waals surface area contributed by atoms with E-state index in [-0.39, 0.29) is 0 Å². The number of ether oxygens (including phenoxy) is 1. The van der Waals surface area contributed by atoms with Crippen LogP contribution in [0.1, 0.15) is 42.7 Å². The number of nitrogens with one attached hydrogen (secondary N) is 1. The second-order valence-corrected chi connectivity index (χ2v) is 7.70. The average molecular weight is 363 g/mol. The van der Waals surface area contributed by atoms with Gasteiger partial charge in [-0.1, -0.05) is 36.4 Å². The van der Waals surface area contributed by atoms with Gasteiger partial charge in [0.2, 0.25) is 0 Å². The maximum Gasteiger partial charge on any atom is 0.122 e. The molecule has 0 radical (unpaired) electrons. The molecular formula is C24H30N2O. The number of methoxy groups -OCH3 is 1. The van der Waals surface area contributed by atoms with Crippen LogP contribution in [0.4, 0.5) is 0 Å². The van der Waals surface area contributed by atoms with Crippen LogP contribution >= 0.6 is 0 Å². The van der Waals surface area contributed by atoms with Gasteiger partial charge in [0.1, 0.15) is 5.75 Å². The Balaban J connectivity index is 1.28. The van der Waals surface area contributed by atoms with E-state index in [9.17, 15) is 0 Å². The lowest BCUT2D eigenvalue weighted by molar-refractivity contribution is 0.202. The Hall–Kier alpha value is -2.26. The van der Waals surface area contributed by atoms with E-state index in [1.165, 1.54) is 60.8 Å². The Labute approximate surface area is 162 Å². The van der Waals surface area contributed by atoms with Crippen LogP contribution in [0.15, 0.2) is 54.7 Å². The molecular weight excluding hydrogens is 332 g/mol. The number of piperidine rings is 1. The van der Waals surface area contributed by atoms with Crippen molar-refractivity contribution in [3.8, 4) is 5.75 Å². The lowest BCUT2D eigenvalue weighted by Crippen LogP contribution is -2.35. The number of rotatable bonds is 7. The number of H-pyrrole nitrogens is 1. The molecule has 4 rings (SSSR count). The molecule has 1 aromatic heterocycles. The number of likely N-dealkylation sites (tertiary alicyclic amines) is 1. The van der Waals surface area contributed by atoms with E-state index in [2.05, 4.69) is 64.6 Å². The van der Waals surface area contributed by atoms with Gasteiger partial charge in [0.05, 0.1) is 7.11 Å². The van der Waals surface area contributed by atoms with Crippen molar-refractivity contribution in [1.29, 1.82) is 0 Å². The number of aromatic amines is 1. The number of para-hydroxylation sites is 2. The van der Waals surface area contributed by atoms with Gasteiger partial charge in [-0.15, -0.1) is 0 Å². The minimum absolute atomic E-state index is 0.600. The van der Waals surface area contributed by atoms with Crippen LogP contribution in [-0.4, -0.2) is 36.6 Å². The first kappa shape index (κ1) is 18.1. The molecule has 0 saturated carbocycles. The van der Waals surface area contributed by atoms with Gasteiger partial charge >= 0.3 is 0 Å². The molecule has 3 aromatic rings. The largest absolute Gasteiger partial charge is 0.496 e. The van der Waals surface area contributed by atoms with E-state index < -0.39 is 0 Å². The third kappa shape index (κ3) is 4.19. The summed E-state index contributed by atoms with van der Waals surface area (Å²) in [6, 6.07) is 17.1. The fourth-order valence-electron chi connectivity index (χ4n) is 4.51. The Bertz CT molecular complexity index is 869. The highest BCUT2D eigenvalue weighted by molar-refractivity contribution is 5.82. The number of aromatic nitrogens is 1. The minimum Gasteiger partial charge on any atom is -0.496 e. The van der Waals surface area contributed by atoms with Crippen molar-refractivity contribution >= 4 is 10.9 Å². The summed E-state index contributed by atoms with van der Waals surface area (Å²) in [6.45, 7) is 3.60. The normalized spacial score (nSPS) is 18.0. The van der Waals surface area contributed by atoms with Crippen molar-refractivity contribution in [2.75, 3.05) is 26.7 Å². The molecule has 1 unspecified atom stereocenters. The molecule has 2 heterocycles. The van der Waals surface area contributed by atoms with Crippen molar-refractivity contribution in [1.82, 2.24) is 9.88 Å². The lowest BCUT2D eigenvalue weighted by Gasteiger charge is -2.33. The number of fused-ring (bicyclic) bond motifs is 1. The fourth-order valence-corrected chi connectivity index (χ4v) is 4.51. The van der Waals surface area contributed by atoms with Crippen LogP contribution < -0.4 is 4.74 Å². The predicted molar refractivity (Wildman–Crippen MR) is 113 cm³/mol. The van der Waals surface area contributed by atoms with Crippen molar-refractivity contribution in [3.05, 3.63) is 65.9 Å². The first-order valence-electron chi connectivity index (χ1n) is 10.3. The number of unbranched alkanes of at least 4 members (excludes halogenated alkanes) is 1. The summed E-state index contributed by atoms with van der Waals surface area (Å²) in [5.41, 5.74) is 4.09. The molecule has 0 spiro atoms. The van der Waals surface area contributed by atoms with Crippen LogP contribution in [0, 0.1) is 0 Å². The van der Waals surface area contributed by atoms with Crippen molar-refractivity contribution in [2.45, 2.75) is 38.0 Å². The highest BCUT2D eigenvalue weighted by atomic mass is 16.5. The molecule has 1 atom stereocenters. The van der Waals surface area contributed by atoms with Gasteiger partial charge in [-0.05, 0) is 68.5 Å². The van der Waals surface area contributed by atoms with Gasteiger partial charge in [0, 0.05) is 29.6 Å². The second kappa shape index (κ2) is 8.62. The van der Waals surface area contributed by atoms with E-state index in [4.69, 9.17) is 4.74 Å². The van der Waals surface area contributed by atoms with Crippen LogP contribution in [0.2, 0.25) is 0 Å². The van der Waals surface area contributed by atoms with E-state index in [0.717, 1.165) is 18.7 Å². The highest BCUT2D eigenvalue weighted by Crippen LogP contribution is 2.33. The Morgan fingerprint density at radius 1 is 1.07 bits per heavy atom. The Kier molecular flexibility index (Phi) is 5.78. The summed E-state index contributed by atoms with van der Waals surface area (Å²) in [6.07, 6.45) is 8.41. The first-order chi connectivity index (χ1) is 13.3. The molecule has 1 aliphatic rings. The van der Waals surface area contributed by atoms with E-state index in [1.807, 2.05) is 0 Å². The maximum absolute atomic E-state index is 5.59. The Morgan fingerprint density at radius 3 is 2.85 bits per heavy atom. The van der Waals surface area contributed by atoms with Gasteiger partial charge in [-0.25, -0.2) is 0 Å². The third-order valence-corrected chi connectivity index (χ3v) is 5.93. The standard InChI is InChI=1S/C24H30N2O/c1-27-24-14-5-3-12-22(24)20-10-8-16-26(18-20)15-7-6-9-19-17-25-23-13-4-2-11-21(19)23/h2-5,11-14,17,20,25H,6-10,15-16,18H2,1H3. The monoisotopic (exact) mass is 362 g/mol. The third-order valence-electron chi connectivity index (χ3n) is 5.93. The zero-order valence-corrected chi connectivity index (χ0v) is 16.3. The van der Waals surface area contributed by atoms with Gasteiger partial charge in [0.25, 0.3) is 0 Å². The summed E-state index contributed by atoms with van der Waals surface area (Å²) in [5.74, 6) is 1.65.